The van der Waals surface area contributed by atoms with Crippen molar-refractivity contribution < 1.29 is 4.79 Å². The van der Waals surface area contributed by atoms with Gasteiger partial charge in [-0.3, -0.25) is 4.79 Å². The molecule has 1 rings (SSSR count). The minimum atomic E-state index is 0.441. The predicted octanol–water partition coefficient (Wildman–Crippen LogP) is 5.59. The zero-order valence-electron chi connectivity index (χ0n) is 12.2. The zero-order chi connectivity index (χ0) is 13.1. The Bertz CT molecular complexity index is 252. The van der Waals surface area contributed by atoms with Crippen LogP contribution in [0, 0.1) is 0 Å². The fourth-order valence-electron chi connectivity index (χ4n) is 2.70. The molecule has 0 aromatic rings. The molecule has 0 N–H and O–H groups in total. The van der Waals surface area contributed by atoms with Crippen molar-refractivity contribution in [2.45, 2.75) is 90.4 Å². The number of ketones is 1. The minimum absolute atomic E-state index is 0.441. The summed E-state index contributed by atoms with van der Waals surface area (Å²) in [4.78, 5) is 11.7. The van der Waals surface area contributed by atoms with Gasteiger partial charge in [-0.15, -0.1) is 0 Å². The van der Waals surface area contributed by atoms with Crippen molar-refractivity contribution in [3.63, 3.8) is 0 Å². The first kappa shape index (κ1) is 15.5. The van der Waals surface area contributed by atoms with E-state index in [2.05, 4.69) is 13.0 Å². The van der Waals surface area contributed by atoms with E-state index in [1.54, 1.807) is 0 Å². The largest absolute Gasteiger partial charge is 0.299 e. The summed E-state index contributed by atoms with van der Waals surface area (Å²) in [5, 5.41) is 0. The van der Waals surface area contributed by atoms with E-state index in [-0.39, 0.29) is 0 Å². The van der Waals surface area contributed by atoms with Crippen LogP contribution in [0.1, 0.15) is 90.4 Å². The van der Waals surface area contributed by atoms with Gasteiger partial charge in [0.15, 0.2) is 0 Å². The van der Waals surface area contributed by atoms with E-state index in [1.165, 1.54) is 69.8 Å². The summed E-state index contributed by atoms with van der Waals surface area (Å²) in [5.41, 5.74) is 1.28. The van der Waals surface area contributed by atoms with Gasteiger partial charge in [-0.05, 0) is 26.2 Å². The topological polar surface area (TPSA) is 17.1 Å². The minimum Gasteiger partial charge on any atom is -0.299 e. The number of Topliss-reactive ketones (excluding diaryl/α,β-unsaturated/α-hetero) is 1. The van der Waals surface area contributed by atoms with Crippen LogP contribution in [-0.2, 0) is 4.79 Å². The van der Waals surface area contributed by atoms with Crippen molar-refractivity contribution in [3.05, 3.63) is 11.6 Å². The number of carbonyl (C=O) groups excluding carboxylic acids is 1. The van der Waals surface area contributed by atoms with Gasteiger partial charge in [-0.25, -0.2) is 0 Å². The highest BCUT2D eigenvalue weighted by Crippen LogP contribution is 2.15. The summed E-state index contributed by atoms with van der Waals surface area (Å²) in [5.74, 6) is 0.441. The molecule has 0 saturated carbocycles. The van der Waals surface area contributed by atoms with Crippen molar-refractivity contribution >= 4 is 5.78 Å². The molecule has 0 radical (unpaired) electrons. The van der Waals surface area contributed by atoms with Crippen molar-refractivity contribution in [1.82, 2.24) is 0 Å². The third-order valence-corrected chi connectivity index (χ3v) is 3.88. The van der Waals surface area contributed by atoms with Crippen LogP contribution in [0.3, 0.4) is 0 Å². The van der Waals surface area contributed by atoms with Crippen molar-refractivity contribution in [2.24, 2.45) is 0 Å². The highest BCUT2D eigenvalue weighted by atomic mass is 16.1. The fraction of sp³-hybridized carbons (Fsp3) is 0.824. The van der Waals surface area contributed by atoms with Gasteiger partial charge in [0, 0.05) is 12.8 Å². The highest BCUT2D eigenvalue weighted by Gasteiger charge is 2.03. The lowest BCUT2D eigenvalue weighted by molar-refractivity contribution is -0.118. The molecule has 0 amide bonds. The first-order valence-electron chi connectivity index (χ1n) is 7.96. The molecule has 1 aliphatic rings. The molecular weight excluding hydrogens is 220 g/mol. The van der Waals surface area contributed by atoms with Crippen LogP contribution in [0.25, 0.3) is 0 Å². The number of rotatable bonds is 0. The molecule has 0 aromatic carbocycles. The molecule has 0 fully saturated rings. The Morgan fingerprint density at radius 2 is 1.28 bits per heavy atom. The monoisotopic (exact) mass is 250 g/mol. The fourth-order valence-corrected chi connectivity index (χ4v) is 2.70. The molecule has 0 heterocycles. The maximum Gasteiger partial charge on any atom is 0.136 e. The van der Waals surface area contributed by atoms with Crippen molar-refractivity contribution in [1.29, 1.82) is 0 Å². The first-order valence-corrected chi connectivity index (χ1v) is 7.96. The van der Waals surface area contributed by atoms with Gasteiger partial charge < -0.3 is 0 Å². The van der Waals surface area contributed by atoms with E-state index in [1.807, 2.05) is 0 Å². The van der Waals surface area contributed by atoms with Crippen LogP contribution < -0.4 is 0 Å². The summed E-state index contributed by atoms with van der Waals surface area (Å²) in [6.45, 7) is 2.11. The third-order valence-electron chi connectivity index (χ3n) is 3.88. The van der Waals surface area contributed by atoms with E-state index in [4.69, 9.17) is 0 Å². The molecule has 104 valence electrons. The van der Waals surface area contributed by atoms with E-state index in [0.29, 0.717) is 12.2 Å². The molecule has 1 nitrogen and oxygen atoms in total. The molecule has 0 aromatic heterocycles. The lowest BCUT2D eigenvalue weighted by Crippen LogP contribution is -1.98. The molecule has 0 aliphatic heterocycles. The molecule has 0 bridgehead atoms. The van der Waals surface area contributed by atoms with Gasteiger partial charge in [0.2, 0.25) is 0 Å². The van der Waals surface area contributed by atoms with Gasteiger partial charge in [0.05, 0.1) is 0 Å². The standard InChI is InChI=1S/C17H30O/c1-16-13-11-9-7-5-3-2-4-6-8-10-12-14-17(18)15-16/h13H,2-12,14-15H2,1H3/b16-13+. The van der Waals surface area contributed by atoms with Crippen LogP contribution in [-0.4, -0.2) is 5.78 Å². The second kappa shape index (κ2) is 10.3. The van der Waals surface area contributed by atoms with Crippen LogP contribution in [0.15, 0.2) is 11.6 Å². The lowest BCUT2D eigenvalue weighted by atomic mass is 10.0. The maximum absolute atomic E-state index is 11.7. The number of allylic oxidation sites excluding steroid dienone is 2. The first-order chi connectivity index (χ1) is 8.79. The second-order valence-electron chi connectivity index (χ2n) is 5.84. The Balaban J connectivity index is 2.30. The predicted molar refractivity (Wildman–Crippen MR) is 78.8 cm³/mol. The van der Waals surface area contributed by atoms with Crippen LogP contribution in [0.4, 0.5) is 0 Å². The van der Waals surface area contributed by atoms with Crippen LogP contribution in [0.5, 0.6) is 0 Å². The zero-order valence-corrected chi connectivity index (χ0v) is 12.2. The molecule has 0 spiro atoms. The Labute approximate surface area is 113 Å². The summed E-state index contributed by atoms with van der Waals surface area (Å²) < 4.78 is 0. The van der Waals surface area contributed by atoms with E-state index in [0.717, 1.165) is 12.8 Å². The molecule has 0 saturated heterocycles. The van der Waals surface area contributed by atoms with Crippen molar-refractivity contribution in [2.75, 3.05) is 0 Å². The van der Waals surface area contributed by atoms with Gasteiger partial charge in [-0.1, -0.05) is 63.0 Å². The molecular formula is C17H30O. The van der Waals surface area contributed by atoms with E-state index < -0.39 is 0 Å². The average molecular weight is 250 g/mol. The normalized spacial score (nSPS) is 25.4. The second-order valence-corrected chi connectivity index (χ2v) is 5.84. The molecule has 0 unspecified atom stereocenters. The average Bonchev–Trinajstić information content (AvgIpc) is 2.33. The molecule has 1 aliphatic carbocycles. The molecule has 1 heteroatoms. The van der Waals surface area contributed by atoms with E-state index in [9.17, 15) is 4.79 Å². The maximum atomic E-state index is 11.7. The number of hydrogen-bond acceptors (Lipinski definition) is 1. The van der Waals surface area contributed by atoms with Gasteiger partial charge in [0.1, 0.15) is 5.78 Å². The smallest absolute Gasteiger partial charge is 0.136 e. The Morgan fingerprint density at radius 3 is 1.89 bits per heavy atom. The summed E-state index contributed by atoms with van der Waals surface area (Å²) in [7, 11) is 0. The van der Waals surface area contributed by atoms with Gasteiger partial charge >= 0.3 is 0 Å². The third kappa shape index (κ3) is 8.49. The van der Waals surface area contributed by atoms with Gasteiger partial charge in [0.25, 0.3) is 0 Å². The Kier molecular flexibility index (Phi) is 8.89. The highest BCUT2D eigenvalue weighted by molar-refractivity contribution is 5.80. The summed E-state index contributed by atoms with van der Waals surface area (Å²) in [6.07, 6.45) is 18.3. The number of hydrogen-bond donors (Lipinski definition) is 0. The SMILES string of the molecule is C/C1=C\CCCCCCCCCCCCC(=O)C1. The Morgan fingerprint density at radius 1 is 0.778 bits per heavy atom. The van der Waals surface area contributed by atoms with Crippen LogP contribution >= 0.6 is 0 Å². The molecule has 0 atom stereocenters. The lowest BCUT2D eigenvalue weighted by Gasteiger charge is -2.05. The summed E-state index contributed by atoms with van der Waals surface area (Å²) in [6, 6.07) is 0. The Hall–Kier alpha value is -0.590. The quantitative estimate of drug-likeness (QED) is 0.512. The van der Waals surface area contributed by atoms with Crippen molar-refractivity contribution in [3.8, 4) is 0 Å². The van der Waals surface area contributed by atoms with Gasteiger partial charge in [-0.2, -0.15) is 0 Å². The molecule has 18 heavy (non-hydrogen) atoms. The van der Waals surface area contributed by atoms with Crippen LogP contribution in [0.2, 0.25) is 0 Å². The summed E-state index contributed by atoms with van der Waals surface area (Å²) >= 11 is 0. The number of carbonyl (C=O) groups is 1. The van der Waals surface area contributed by atoms with E-state index >= 15 is 0 Å².